The second-order valence-corrected chi connectivity index (χ2v) is 5.54. The fraction of sp³-hybridized carbons (Fsp3) is 0.692. The Morgan fingerprint density at radius 2 is 2.00 bits per heavy atom. The van der Waals surface area contributed by atoms with Gasteiger partial charge in [0, 0.05) is 12.5 Å². The van der Waals surface area contributed by atoms with Crippen molar-refractivity contribution in [3.63, 3.8) is 0 Å². The first-order valence-corrected chi connectivity index (χ1v) is 6.05. The predicted molar refractivity (Wildman–Crippen MR) is 67.3 cm³/mol. The van der Waals surface area contributed by atoms with E-state index in [-0.39, 0.29) is 5.92 Å². The van der Waals surface area contributed by atoms with Crippen molar-refractivity contribution in [1.29, 1.82) is 0 Å². The fourth-order valence-corrected chi connectivity index (χ4v) is 2.11. The Hall–Kier alpha value is -1.52. The second kappa shape index (κ2) is 5.00. The number of carbonyl (C=O) groups is 2. The fourth-order valence-electron chi connectivity index (χ4n) is 2.11. The summed E-state index contributed by atoms with van der Waals surface area (Å²) in [6.45, 7) is 9.27. The zero-order valence-electron chi connectivity index (χ0n) is 11.6. The van der Waals surface area contributed by atoms with Crippen LogP contribution >= 0.6 is 0 Å². The summed E-state index contributed by atoms with van der Waals surface area (Å²) in [6.07, 6.45) is 1.30. The van der Waals surface area contributed by atoms with Gasteiger partial charge in [-0.1, -0.05) is 13.0 Å². The number of likely N-dealkylation sites (tertiary alicyclic amines) is 1. The van der Waals surface area contributed by atoms with Gasteiger partial charge in [0.1, 0.15) is 11.6 Å². The van der Waals surface area contributed by atoms with Crippen LogP contribution < -0.4 is 0 Å². The topological polar surface area (TPSA) is 66.8 Å². The lowest BCUT2D eigenvalue weighted by atomic mass is 9.98. The van der Waals surface area contributed by atoms with Gasteiger partial charge in [0.15, 0.2) is 0 Å². The molecule has 1 aliphatic rings. The molecule has 5 nitrogen and oxygen atoms in total. The maximum atomic E-state index is 12.0. The molecule has 0 unspecified atom stereocenters. The smallest absolute Gasteiger partial charge is 0.411 e. The number of rotatable bonds is 1. The highest BCUT2D eigenvalue weighted by molar-refractivity contribution is 5.82. The first kappa shape index (κ1) is 14.5. The highest BCUT2D eigenvalue weighted by Gasteiger charge is 2.43. The molecule has 1 saturated heterocycles. The van der Waals surface area contributed by atoms with Crippen molar-refractivity contribution in [2.75, 3.05) is 6.54 Å². The van der Waals surface area contributed by atoms with Crippen molar-refractivity contribution >= 4 is 12.1 Å². The summed E-state index contributed by atoms with van der Waals surface area (Å²) in [5, 5.41) is 9.24. The molecular formula is C13H21NO4. The van der Waals surface area contributed by atoms with Gasteiger partial charge in [-0.05, 0) is 33.3 Å². The molecule has 0 aliphatic carbocycles. The van der Waals surface area contributed by atoms with Crippen molar-refractivity contribution in [1.82, 2.24) is 4.90 Å². The first-order chi connectivity index (χ1) is 8.17. The Morgan fingerprint density at radius 1 is 1.44 bits per heavy atom. The number of carbonyl (C=O) groups excluding carboxylic acids is 1. The molecule has 0 spiro atoms. The number of hydrogen-bond donors (Lipinski definition) is 1. The molecule has 2 atom stereocenters. The molecule has 5 heteroatoms. The van der Waals surface area contributed by atoms with E-state index < -0.39 is 23.7 Å². The third-order valence-electron chi connectivity index (χ3n) is 3.00. The Labute approximate surface area is 107 Å². The van der Waals surface area contributed by atoms with Gasteiger partial charge < -0.3 is 9.84 Å². The monoisotopic (exact) mass is 255 g/mol. The molecular weight excluding hydrogens is 234 g/mol. The first-order valence-electron chi connectivity index (χ1n) is 6.05. The van der Waals surface area contributed by atoms with E-state index in [0.29, 0.717) is 6.54 Å². The van der Waals surface area contributed by atoms with Crippen LogP contribution in [0.15, 0.2) is 11.6 Å². The lowest BCUT2D eigenvalue weighted by Gasteiger charge is -2.27. The van der Waals surface area contributed by atoms with E-state index in [1.165, 1.54) is 4.90 Å². The molecule has 1 amide bonds. The van der Waals surface area contributed by atoms with E-state index in [0.717, 1.165) is 5.57 Å². The number of hydrogen-bond acceptors (Lipinski definition) is 3. The largest absolute Gasteiger partial charge is 0.480 e. The van der Waals surface area contributed by atoms with Crippen LogP contribution in [-0.2, 0) is 9.53 Å². The van der Waals surface area contributed by atoms with E-state index >= 15 is 0 Å². The maximum Gasteiger partial charge on any atom is 0.411 e. The van der Waals surface area contributed by atoms with E-state index in [9.17, 15) is 14.7 Å². The van der Waals surface area contributed by atoms with E-state index in [1.54, 1.807) is 20.8 Å². The molecule has 0 radical (unpaired) electrons. The molecule has 1 heterocycles. The Bertz CT molecular complexity index is 381. The van der Waals surface area contributed by atoms with Gasteiger partial charge in [0.2, 0.25) is 0 Å². The standard InChI is InChI=1S/C13H21NO4/c1-6-9-7-14(10(8(9)2)11(15)16)12(17)18-13(3,4)5/h6,8,10H,7H2,1-5H3,(H,15,16)/b9-6-/t8-,10+/m1/s1. The second-order valence-electron chi connectivity index (χ2n) is 5.54. The molecule has 102 valence electrons. The van der Waals surface area contributed by atoms with E-state index in [1.807, 2.05) is 19.9 Å². The lowest BCUT2D eigenvalue weighted by Crippen LogP contribution is -2.45. The van der Waals surface area contributed by atoms with Crippen molar-refractivity contribution in [3.8, 4) is 0 Å². The van der Waals surface area contributed by atoms with E-state index in [4.69, 9.17) is 4.74 Å². The summed E-state index contributed by atoms with van der Waals surface area (Å²) < 4.78 is 5.24. The van der Waals surface area contributed by atoms with Gasteiger partial charge in [-0.2, -0.15) is 0 Å². The summed E-state index contributed by atoms with van der Waals surface area (Å²) in [5.74, 6) is -1.18. The molecule has 1 N–H and O–H groups in total. The summed E-state index contributed by atoms with van der Waals surface area (Å²) >= 11 is 0. The van der Waals surface area contributed by atoms with Crippen LogP contribution in [-0.4, -0.2) is 40.3 Å². The molecule has 1 rings (SSSR count). The zero-order chi connectivity index (χ0) is 14.1. The number of carboxylic acids is 1. The normalized spacial score (nSPS) is 26.5. The maximum absolute atomic E-state index is 12.0. The van der Waals surface area contributed by atoms with Gasteiger partial charge in [-0.3, -0.25) is 4.90 Å². The third-order valence-corrected chi connectivity index (χ3v) is 3.00. The minimum atomic E-state index is -0.995. The molecule has 0 saturated carbocycles. The molecule has 18 heavy (non-hydrogen) atoms. The van der Waals surface area contributed by atoms with Crippen LogP contribution in [0.3, 0.4) is 0 Å². The van der Waals surface area contributed by atoms with Gasteiger partial charge >= 0.3 is 12.1 Å². The summed E-state index contributed by atoms with van der Waals surface area (Å²) in [4.78, 5) is 24.6. The highest BCUT2D eigenvalue weighted by Crippen LogP contribution is 2.30. The number of amides is 1. The molecule has 0 aromatic carbocycles. The molecule has 0 aromatic rings. The lowest BCUT2D eigenvalue weighted by molar-refractivity contribution is -0.143. The minimum absolute atomic E-state index is 0.181. The number of ether oxygens (including phenoxy) is 1. The van der Waals surface area contributed by atoms with Crippen LogP contribution in [0, 0.1) is 5.92 Å². The number of allylic oxidation sites excluding steroid dienone is 1. The average Bonchev–Trinajstić information content (AvgIpc) is 2.52. The zero-order valence-corrected chi connectivity index (χ0v) is 11.6. The van der Waals surface area contributed by atoms with Crippen LogP contribution in [0.25, 0.3) is 0 Å². The number of carboxylic acid groups (broad SMARTS) is 1. The van der Waals surface area contributed by atoms with E-state index in [2.05, 4.69) is 0 Å². The third kappa shape index (κ3) is 3.03. The quantitative estimate of drug-likeness (QED) is 0.730. The van der Waals surface area contributed by atoms with Crippen molar-refractivity contribution in [2.24, 2.45) is 5.92 Å². The van der Waals surface area contributed by atoms with Crippen molar-refractivity contribution < 1.29 is 19.4 Å². The van der Waals surface area contributed by atoms with Gasteiger partial charge in [-0.15, -0.1) is 0 Å². The summed E-state index contributed by atoms with van der Waals surface area (Å²) in [5.41, 5.74) is 0.329. The van der Waals surface area contributed by atoms with Crippen LogP contribution in [0.2, 0.25) is 0 Å². The average molecular weight is 255 g/mol. The Morgan fingerprint density at radius 3 is 2.39 bits per heavy atom. The van der Waals surface area contributed by atoms with Gasteiger partial charge in [-0.25, -0.2) is 9.59 Å². The van der Waals surface area contributed by atoms with Crippen LogP contribution in [0.5, 0.6) is 0 Å². The van der Waals surface area contributed by atoms with Crippen LogP contribution in [0.1, 0.15) is 34.6 Å². The molecule has 1 aliphatic heterocycles. The van der Waals surface area contributed by atoms with Crippen LogP contribution in [0.4, 0.5) is 4.79 Å². The number of nitrogens with zero attached hydrogens (tertiary/aromatic N) is 1. The SMILES string of the molecule is C/C=C1/CN(C(=O)OC(C)(C)C)[C@H](C(=O)O)[C@@H]1C. The number of aliphatic carboxylic acids is 1. The van der Waals surface area contributed by atoms with Crippen molar-refractivity contribution in [2.45, 2.75) is 46.3 Å². The molecule has 1 fully saturated rings. The highest BCUT2D eigenvalue weighted by atomic mass is 16.6. The predicted octanol–water partition coefficient (Wildman–Crippen LogP) is 2.27. The summed E-state index contributed by atoms with van der Waals surface area (Å²) in [7, 11) is 0. The molecule has 0 bridgehead atoms. The molecule has 0 aromatic heterocycles. The Balaban J connectivity index is 2.93. The van der Waals surface area contributed by atoms with Gasteiger partial charge in [0.05, 0.1) is 0 Å². The Kier molecular flexibility index (Phi) is 4.04. The van der Waals surface area contributed by atoms with Gasteiger partial charge in [0.25, 0.3) is 0 Å². The minimum Gasteiger partial charge on any atom is -0.480 e. The summed E-state index contributed by atoms with van der Waals surface area (Å²) in [6, 6.07) is -0.842. The van der Waals surface area contributed by atoms with Crippen molar-refractivity contribution in [3.05, 3.63) is 11.6 Å².